The van der Waals surface area contributed by atoms with Gasteiger partial charge in [-0.2, -0.15) is 13.2 Å². The summed E-state index contributed by atoms with van der Waals surface area (Å²) in [5.41, 5.74) is -0.678. The molecular weight excluding hydrogens is 341 g/mol. The number of hydrogen-bond donors (Lipinski definition) is 2. The summed E-state index contributed by atoms with van der Waals surface area (Å²) in [6.45, 7) is 7.53. The van der Waals surface area contributed by atoms with Crippen molar-refractivity contribution >= 4 is 18.3 Å². The summed E-state index contributed by atoms with van der Waals surface area (Å²) in [6.07, 6.45) is -4.36. The number of rotatable bonds is 5. The van der Waals surface area contributed by atoms with Gasteiger partial charge >= 0.3 is 6.18 Å². The molecule has 1 atom stereocenters. The lowest BCUT2D eigenvalue weighted by molar-refractivity contribution is -0.137. The smallest absolute Gasteiger partial charge is 0.355 e. The highest BCUT2D eigenvalue weighted by Crippen LogP contribution is 2.32. The number of nitrogens with one attached hydrogen (secondary N) is 2. The van der Waals surface area contributed by atoms with Crippen molar-refractivity contribution in [3.63, 3.8) is 0 Å². The first-order valence-corrected chi connectivity index (χ1v) is 7.77. The molecule has 1 heterocycles. The van der Waals surface area contributed by atoms with Gasteiger partial charge in [0.1, 0.15) is 0 Å². The number of alkyl halides is 3. The molecule has 24 heavy (non-hydrogen) atoms. The van der Waals surface area contributed by atoms with Gasteiger partial charge in [0.25, 0.3) is 0 Å². The van der Waals surface area contributed by atoms with Crippen LogP contribution in [0.2, 0.25) is 0 Å². The molecule has 1 aliphatic rings. The predicted octanol–water partition coefficient (Wildman–Crippen LogP) is 3.38. The van der Waals surface area contributed by atoms with Gasteiger partial charge in [0.15, 0.2) is 0 Å². The van der Waals surface area contributed by atoms with Crippen molar-refractivity contribution in [1.29, 1.82) is 0 Å². The van der Waals surface area contributed by atoms with Crippen molar-refractivity contribution in [2.24, 2.45) is 11.8 Å². The molecule has 1 amide bonds. The standard InChI is InChI=1S/C17H23F3N2O.ClH/c1-11(12-8-21-9-12)15(23)22-10-16(2,3)13-5-4-6-14(7-13)17(18,19)20;/h4-7,11-12,21H,8-10H2,1-3H3,(H,22,23);1H. The zero-order valence-electron chi connectivity index (χ0n) is 14.0. The van der Waals surface area contributed by atoms with Gasteiger partial charge in [0.05, 0.1) is 5.56 Å². The van der Waals surface area contributed by atoms with Gasteiger partial charge in [-0.15, -0.1) is 12.4 Å². The Labute approximate surface area is 146 Å². The second-order valence-electron chi connectivity index (χ2n) is 6.89. The summed E-state index contributed by atoms with van der Waals surface area (Å²) in [6, 6.07) is 5.29. The van der Waals surface area contributed by atoms with E-state index in [1.807, 2.05) is 20.8 Å². The number of hydrogen-bond acceptors (Lipinski definition) is 2. The fraction of sp³-hybridized carbons (Fsp3) is 0.588. The zero-order valence-corrected chi connectivity index (χ0v) is 14.9. The van der Waals surface area contributed by atoms with Gasteiger partial charge in [0, 0.05) is 17.9 Å². The molecule has 1 aromatic rings. The molecule has 1 aromatic carbocycles. The van der Waals surface area contributed by atoms with Crippen LogP contribution in [-0.4, -0.2) is 25.5 Å². The maximum atomic E-state index is 12.8. The summed E-state index contributed by atoms with van der Waals surface area (Å²) < 4.78 is 38.5. The average Bonchev–Trinajstić information content (AvgIpc) is 2.42. The van der Waals surface area contributed by atoms with E-state index in [1.54, 1.807) is 6.07 Å². The lowest BCUT2D eigenvalue weighted by Gasteiger charge is -2.33. The highest BCUT2D eigenvalue weighted by atomic mass is 35.5. The Morgan fingerprint density at radius 2 is 1.88 bits per heavy atom. The lowest BCUT2D eigenvalue weighted by Crippen LogP contribution is -2.50. The van der Waals surface area contributed by atoms with Crippen molar-refractivity contribution < 1.29 is 18.0 Å². The molecule has 0 saturated carbocycles. The van der Waals surface area contributed by atoms with E-state index in [2.05, 4.69) is 10.6 Å². The molecule has 1 saturated heterocycles. The fourth-order valence-electron chi connectivity index (χ4n) is 2.57. The third-order valence-electron chi connectivity index (χ3n) is 4.61. The minimum atomic E-state index is -4.36. The first-order chi connectivity index (χ1) is 10.6. The van der Waals surface area contributed by atoms with Crippen LogP contribution in [-0.2, 0) is 16.4 Å². The molecule has 1 fully saturated rings. The van der Waals surface area contributed by atoms with E-state index < -0.39 is 17.2 Å². The molecule has 2 N–H and O–H groups in total. The van der Waals surface area contributed by atoms with Crippen LogP contribution in [0.3, 0.4) is 0 Å². The first kappa shape index (κ1) is 20.8. The van der Waals surface area contributed by atoms with Crippen molar-refractivity contribution in [1.82, 2.24) is 10.6 Å². The summed E-state index contributed by atoms with van der Waals surface area (Å²) in [5.74, 6) is 0.205. The zero-order chi connectivity index (χ0) is 17.3. The van der Waals surface area contributed by atoms with Crippen LogP contribution < -0.4 is 10.6 Å². The molecule has 0 radical (unpaired) electrons. The Kier molecular flexibility index (Phi) is 6.70. The summed E-state index contributed by atoms with van der Waals surface area (Å²) >= 11 is 0. The second kappa shape index (κ2) is 7.74. The quantitative estimate of drug-likeness (QED) is 0.841. The monoisotopic (exact) mass is 364 g/mol. The van der Waals surface area contributed by atoms with Gasteiger partial charge in [-0.05, 0) is 30.6 Å². The van der Waals surface area contributed by atoms with Gasteiger partial charge in [-0.25, -0.2) is 0 Å². The average molecular weight is 365 g/mol. The maximum Gasteiger partial charge on any atom is 0.416 e. The van der Waals surface area contributed by atoms with Crippen molar-refractivity contribution in [3.05, 3.63) is 35.4 Å². The minimum absolute atomic E-state index is 0. The molecular formula is C17H24ClF3N2O. The highest BCUT2D eigenvalue weighted by molar-refractivity contribution is 5.85. The van der Waals surface area contributed by atoms with Crippen LogP contribution in [0.4, 0.5) is 13.2 Å². The van der Waals surface area contributed by atoms with E-state index in [0.29, 0.717) is 18.0 Å². The Morgan fingerprint density at radius 3 is 2.38 bits per heavy atom. The Morgan fingerprint density at radius 1 is 1.29 bits per heavy atom. The molecule has 0 bridgehead atoms. The van der Waals surface area contributed by atoms with E-state index in [4.69, 9.17) is 0 Å². The van der Waals surface area contributed by atoms with E-state index in [9.17, 15) is 18.0 Å². The molecule has 0 aromatic heterocycles. The van der Waals surface area contributed by atoms with Crippen LogP contribution >= 0.6 is 12.4 Å². The molecule has 136 valence electrons. The van der Waals surface area contributed by atoms with Crippen LogP contribution in [0.1, 0.15) is 31.9 Å². The summed E-state index contributed by atoms with van der Waals surface area (Å²) in [5, 5.41) is 6.01. The number of amides is 1. The van der Waals surface area contributed by atoms with Gasteiger partial charge in [0.2, 0.25) is 5.91 Å². The molecule has 0 spiro atoms. The van der Waals surface area contributed by atoms with Crippen molar-refractivity contribution in [3.8, 4) is 0 Å². The third kappa shape index (κ3) is 4.86. The topological polar surface area (TPSA) is 41.1 Å². The SMILES string of the molecule is CC(C(=O)NCC(C)(C)c1cccc(C(F)(F)F)c1)C1CNC1.Cl. The first-order valence-electron chi connectivity index (χ1n) is 7.77. The number of halogens is 4. The molecule has 0 aliphatic carbocycles. The molecule has 7 heteroatoms. The number of carbonyl (C=O) groups is 1. The highest BCUT2D eigenvalue weighted by Gasteiger charge is 2.33. The molecule has 1 aliphatic heterocycles. The molecule has 1 unspecified atom stereocenters. The van der Waals surface area contributed by atoms with Gasteiger partial charge in [-0.1, -0.05) is 39.0 Å². The summed E-state index contributed by atoms with van der Waals surface area (Å²) in [4.78, 5) is 12.2. The van der Waals surface area contributed by atoms with E-state index in [0.717, 1.165) is 25.2 Å². The van der Waals surface area contributed by atoms with E-state index in [1.165, 1.54) is 6.07 Å². The Bertz CT molecular complexity index is 571. The van der Waals surface area contributed by atoms with Gasteiger partial charge in [-0.3, -0.25) is 4.79 Å². The Balaban J connectivity index is 0.00000288. The fourth-order valence-corrected chi connectivity index (χ4v) is 2.57. The number of benzene rings is 1. The van der Waals surface area contributed by atoms with Crippen LogP contribution in [0.15, 0.2) is 24.3 Å². The summed E-state index contributed by atoms with van der Waals surface area (Å²) in [7, 11) is 0. The lowest BCUT2D eigenvalue weighted by atomic mass is 9.83. The van der Waals surface area contributed by atoms with Crippen molar-refractivity contribution in [2.45, 2.75) is 32.4 Å². The van der Waals surface area contributed by atoms with Crippen LogP contribution in [0.25, 0.3) is 0 Å². The largest absolute Gasteiger partial charge is 0.416 e. The molecule has 3 nitrogen and oxygen atoms in total. The predicted molar refractivity (Wildman–Crippen MR) is 90.3 cm³/mol. The Hall–Kier alpha value is -1.27. The maximum absolute atomic E-state index is 12.8. The van der Waals surface area contributed by atoms with Crippen LogP contribution in [0, 0.1) is 11.8 Å². The van der Waals surface area contributed by atoms with E-state index >= 15 is 0 Å². The molecule has 2 rings (SSSR count). The minimum Gasteiger partial charge on any atom is -0.355 e. The normalized spacial score (nSPS) is 16.8. The van der Waals surface area contributed by atoms with Crippen LogP contribution in [0.5, 0.6) is 0 Å². The van der Waals surface area contributed by atoms with E-state index in [-0.39, 0.29) is 24.2 Å². The second-order valence-corrected chi connectivity index (χ2v) is 6.89. The van der Waals surface area contributed by atoms with Gasteiger partial charge < -0.3 is 10.6 Å². The van der Waals surface area contributed by atoms with Crippen molar-refractivity contribution in [2.75, 3.05) is 19.6 Å². The third-order valence-corrected chi connectivity index (χ3v) is 4.61. The number of carbonyl (C=O) groups excluding carboxylic acids is 1.